The number of hydrogen-bond acceptors (Lipinski definition) is 1. The molecule has 0 aliphatic carbocycles. The van der Waals surface area contributed by atoms with Gasteiger partial charge in [-0.2, -0.15) is 0 Å². The maximum absolute atomic E-state index is 13.4. The Balaban J connectivity index is 2.57. The first-order chi connectivity index (χ1) is 7.70. The molecule has 0 saturated carbocycles. The molecule has 0 atom stereocenters. The predicted molar refractivity (Wildman–Crippen MR) is 56.0 cm³/mol. The zero-order chi connectivity index (χ0) is 11.5. The van der Waals surface area contributed by atoms with E-state index in [-0.39, 0.29) is 5.56 Å². The summed E-state index contributed by atoms with van der Waals surface area (Å²) in [4.78, 5) is 10.6. The highest BCUT2D eigenvalue weighted by Crippen LogP contribution is 2.23. The molecule has 79 valence electrons. The van der Waals surface area contributed by atoms with E-state index in [1.807, 2.05) is 0 Å². The Bertz CT molecular complexity index is 535. The number of hydrogen-bond donors (Lipinski definition) is 0. The molecule has 0 amide bonds. The Morgan fingerprint density at radius 2 is 2.00 bits per heavy atom. The molecule has 3 heteroatoms. The summed E-state index contributed by atoms with van der Waals surface area (Å²) in [6.45, 7) is 0. The van der Waals surface area contributed by atoms with Crippen molar-refractivity contribution in [3.63, 3.8) is 0 Å². The van der Waals surface area contributed by atoms with E-state index in [4.69, 9.17) is 0 Å². The molecular formula is C13H7F2O. The first-order valence-electron chi connectivity index (χ1n) is 4.63. The van der Waals surface area contributed by atoms with E-state index in [0.29, 0.717) is 17.4 Å². The largest absolute Gasteiger partial charge is 0.298 e. The quantitative estimate of drug-likeness (QED) is 0.706. The van der Waals surface area contributed by atoms with Crippen LogP contribution in [-0.2, 0) is 0 Å². The maximum Gasteiger partial charge on any atom is 0.150 e. The molecule has 0 saturated heterocycles. The van der Waals surface area contributed by atoms with Gasteiger partial charge in [-0.15, -0.1) is 0 Å². The van der Waals surface area contributed by atoms with Gasteiger partial charge in [0.15, 0.2) is 0 Å². The van der Waals surface area contributed by atoms with Crippen molar-refractivity contribution < 1.29 is 13.6 Å². The fraction of sp³-hybridized carbons (Fsp3) is 0. The Labute approximate surface area is 91.3 Å². The smallest absolute Gasteiger partial charge is 0.150 e. The van der Waals surface area contributed by atoms with Crippen LogP contribution in [0.15, 0.2) is 36.4 Å². The van der Waals surface area contributed by atoms with Crippen molar-refractivity contribution in [1.29, 1.82) is 0 Å². The minimum absolute atomic E-state index is 0.101. The number of carbonyl (C=O) groups excluding carboxylic acids is 1. The highest BCUT2D eigenvalue weighted by atomic mass is 19.1. The van der Waals surface area contributed by atoms with E-state index in [0.717, 1.165) is 12.1 Å². The maximum atomic E-state index is 13.4. The molecule has 2 aromatic carbocycles. The number of halogens is 2. The third-order valence-electron chi connectivity index (χ3n) is 2.19. The van der Waals surface area contributed by atoms with Gasteiger partial charge in [-0.3, -0.25) is 4.79 Å². The summed E-state index contributed by atoms with van der Waals surface area (Å²) in [5.74, 6) is -1.20. The minimum atomic E-state index is -0.635. The van der Waals surface area contributed by atoms with Crippen molar-refractivity contribution in [2.45, 2.75) is 0 Å². The lowest BCUT2D eigenvalue weighted by atomic mass is 10.0. The average molecular weight is 217 g/mol. The SMILES string of the molecule is O=Cc1cccc(-c2cc(F)c[c]c2F)c1. The molecule has 0 aliphatic heterocycles. The van der Waals surface area contributed by atoms with Crippen molar-refractivity contribution in [3.8, 4) is 11.1 Å². The molecule has 0 bridgehead atoms. The van der Waals surface area contributed by atoms with Gasteiger partial charge in [0.05, 0.1) is 0 Å². The predicted octanol–water partition coefficient (Wildman–Crippen LogP) is 3.24. The third-order valence-corrected chi connectivity index (χ3v) is 2.19. The molecule has 2 rings (SSSR count). The second kappa shape index (κ2) is 4.23. The van der Waals surface area contributed by atoms with Crippen LogP contribution in [-0.4, -0.2) is 6.29 Å². The topological polar surface area (TPSA) is 17.1 Å². The van der Waals surface area contributed by atoms with E-state index in [1.165, 1.54) is 6.07 Å². The highest BCUT2D eigenvalue weighted by molar-refractivity contribution is 5.78. The van der Waals surface area contributed by atoms with Crippen LogP contribution in [0.5, 0.6) is 0 Å². The average Bonchev–Trinajstić information content (AvgIpc) is 2.32. The normalized spacial score (nSPS) is 10.1. The molecule has 1 nitrogen and oxygen atoms in total. The Kier molecular flexibility index (Phi) is 2.77. The second-order valence-corrected chi connectivity index (χ2v) is 3.29. The summed E-state index contributed by atoms with van der Waals surface area (Å²) in [7, 11) is 0. The molecule has 0 unspecified atom stereocenters. The van der Waals surface area contributed by atoms with Crippen molar-refractivity contribution in [2.24, 2.45) is 0 Å². The van der Waals surface area contributed by atoms with Crippen LogP contribution in [0, 0.1) is 17.7 Å². The van der Waals surface area contributed by atoms with Gasteiger partial charge in [0.1, 0.15) is 17.9 Å². The first-order valence-corrected chi connectivity index (χ1v) is 4.63. The van der Waals surface area contributed by atoms with Crippen molar-refractivity contribution >= 4 is 6.29 Å². The number of rotatable bonds is 2. The standard InChI is InChI=1S/C13H7F2O/c14-11-4-5-13(15)12(7-11)10-3-1-2-9(6-10)8-16/h1-4,6-8H. The second-order valence-electron chi connectivity index (χ2n) is 3.29. The fourth-order valence-corrected chi connectivity index (χ4v) is 1.44. The number of carbonyl (C=O) groups is 1. The van der Waals surface area contributed by atoms with Crippen LogP contribution in [0.3, 0.4) is 0 Å². The van der Waals surface area contributed by atoms with Gasteiger partial charge in [-0.25, -0.2) is 8.78 Å². The van der Waals surface area contributed by atoms with Crippen LogP contribution in [0.4, 0.5) is 8.78 Å². The van der Waals surface area contributed by atoms with E-state index in [1.54, 1.807) is 18.2 Å². The van der Waals surface area contributed by atoms with Crippen molar-refractivity contribution in [3.05, 3.63) is 59.7 Å². The van der Waals surface area contributed by atoms with Crippen LogP contribution in [0.1, 0.15) is 10.4 Å². The van der Waals surface area contributed by atoms with E-state index in [9.17, 15) is 13.6 Å². The van der Waals surface area contributed by atoms with Gasteiger partial charge in [0, 0.05) is 17.2 Å². The van der Waals surface area contributed by atoms with Gasteiger partial charge in [-0.1, -0.05) is 18.2 Å². The van der Waals surface area contributed by atoms with E-state index in [2.05, 4.69) is 6.07 Å². The zero-order valence-electron chi connectivity index (χ0n) is 8.21. The number of aldehydes is 1. The van der Waals surface area contributed by atoms with Crippen LogP contribution >= 0.6 is 0 Å². The molecular weight excluding hydrogens is 210 g/mol. The number of benzene rings is 2. The summed E-state index contributed by atoms with van der Waals surface area (Å²) in [6.07, 6.45) is 0.657. The van der Waals surface area contributed by atoms with E-state index < -0.39 is 11.6 Å². The first kappa shape index (κ1) is 10.5. The van der Waals surface area contributed by atoms with Gasteiger partial charge >= 0.3 is 0 Å². The van der Waals surface area contributed by atoms with Gasteiger partial charge in [-0.05, 0) is 23.8 Å². The fourth-order valence-electron chi connectivity index (χ4n) is 1.44. The Hall–Kier alpha value is -2.03. The molecule has 0 aromatic heterocycles. The Morgan fingerprint density at radius 1 is 1.19 bits per heavy atom. The molecule has 0 spiro atoms. The molecule has 2 aromatic rings. The molecule has 1 radical (unpaired) electrons. The summed E-state index contributed by atoms with van der Waals surface area (Å²) in [5, 5.41) is 0. The molecule has 0 N–H and O–H groups in total. The lowest BCUT2D eigenvalue weighted by Crippen LogP contribution is -1.88. The summed E-state index contributed by atoms with van der Waals surface area (Å²) >= 11 is 0. The summed E-state index contributed by atoms with van der Waals surface area (Å²) < 4.78 is 26.3. The molecule has 0 fully saturated rings. The third kappa shape index (κ3) is 1.98. The van der Waals surface area contributed by atoms with Crippen LogP contribution in [0.25, 0.3) is 11.1 Å². The Morgan fingerprint density at radius 3 is 2.75 bits per heavy atom. The van der Waals surface area contributed by atoms with Crippen LogP contribution in [0.2, 0.25) is 0 Å². The molecule has 0 heterocycles. The molecule has 0 aliphatic rings. The van der Waals surface area contributed by atoms with Crippen molar-refractivity contribution in [1.82, 2.24) is 0 Å². The summed E-state index contributed by atoms with van der Waals surface area (Å²) in [6, 6.07) is 10.5. The van der Waals surface area contributed by atoms with E-state index >= 15 is 0 Å². The van der Waals surface area contributed by atoms with Gasteiger partial charge in [0.2, 0.25) is 0 Å². The van der Waals surface area contributed by atoms with Crippen molar-refractivity contribution in [2.75, 3.05) is 0 Å². The van der Waals surface area contributed by atoms with Crippen LogP contribution < -0.4 is 0 Å². The minimum Gasteiger partial charge on any atom is -0.298 e. The lowest BCUT2D eigenvalue weighted by molar-refractivity contribution is 0.112. The summed E-state index contributed by atoms with van der Waals surface area (Å²) in [5.41, 5.74) is 0.975. The van der Waals surface area contributed by atoms with Gasteiger partial charge < -0.3 is 0 Å². The monoisotopic (exact) mass is 217 g/mol. The lowest BCUT2D eigenvalue weighted by Gasteiger charge is -2.03. The zero-order valence-corrected chi connectivity index (χ0v) is 8.21. The van der Waals surface area contributed by atoms with Gasteiger partial charge in [0.25, 0.3) is 0 Å². The molecule has 16 heavy (non-hydrogen) atoms. The highest BCUT2D eigenvalue weighted by Gasteiger charge is 2.07.